The highest BCUT2D eigenvalue weighted by atomic mass is 35.5. The summed E-state index contributed by atoms with van der Waals surface area (Å²) in [7, 11) is 1.88. The maximum absolute atomic E-state index is 6.07. The standard InChI is InChI=1S/C13H14Cl2N6/c1-3-8-4-11(21-13(19-8)17-7-18-21)16-6-9-5-10(14)12(15)20(9)2/h4-5,7,16H,3,6H2,1-2H3. The van der Waals surface area contributed by atoms with Gasteiger partial charge in [0.25, 0.3) is 5.78 Å². The van der Waals surface area contributed by atoms with Crippen molar-refractivity contribution in [3.8, 4) is 0 Å². The number of rotatable bonds is 4. The van der Waals surface area contributed by atoms with Gasteiger partial charge in [-0.3, -0.25) is 0 Å². The van der Waals surface area contributed by atoms with Crippen LogP contribution < -0.4 is 5.32 Å². The normalized spacial score (nSPS) is 11.2. The number of hydrogen-bond acceptors (Lipinski definition) is 4. The molecule has 8 heteroatoms. The van der Waals surface area contributed by atoms with Crippen molar-refractivity contribution in [2.24, 2.45) is 7.05 Å². The lowest BCUT2D eigenvalue weighted by Crippen LogP contribution is -2.09. The topological polar surface area (TPSA) is 60.0 Å². The van der Waals surface area contributed by atoms with E-state index in [1.54, 1.807) is 4.52 Å². The minimum atomic E-state index is 0.531. The molecule has 0 aliphatic carbocycles. The number of aromatic nitrogens is 5. The molecule has 1 N–H and O–H groups in total. The fraction of sp³-hybridized carbons (Fsp3) is 0.308. The Morgan fingerprint density at radius 2 is 2.10 bits per heavy atom. The highest BCUT2D eigenvalue weighted by Gasteiger charge is 2.11. The maximum Gasteiger partial charge on any atom is 0.254 e. The number of aryl methyl sites for hydroxylation is 1. The van der Waals surface area contributed by atoms with Gasteiger partial charge in [-0.15, -0.1) is 0 Å². The number of anilines is 1. The minimum absolute atomic E-state index is 0.531. The highest BCUT2D eigenvalue weighted by Crippen LogP contribution is 2.25. The number of nitrogens with zero attached hydrogens (tertiary/aromatic N) is 5. The summed E-state index contributed by atoms with van der Waals surface area (Å²) in [5.74, 6) is 1.42. The van der Waals surface area contributed by atoms with Gasteiger partial charge in [-0.25, -0.2) is 4.98 Å². The van der Waals surface area contributed by atoms with E-state index in [9.17, 15) is 0 Å². The highest BCUT2D eigenvalue weighted by molar-refractivity contribution is 6.41. The zero-order valence-electron chi connectivity index (χ0n) is 11.6. The van der Waals surface area contributed by atoms with E-state index < -0.39 is 0 Å². The van der Waals surface area contributed by atoms with Gasteiger partial charge in [0.05, 0.1) is 11.6 Å². The van der Waals surface area contributed by atoms with Gasteiger partial charge in [-0.05, 0) is 12.5 Å². The third-order valence-electron chi connectivity index (χ3n) is 3.33. The first-order chi connectivity index (χ1) is 10.1. The predicted molar refractivity (Wildman–Crippen MR) is 82.9 cm³/mol. The molecule has 0 spiro atoms. The predicted octanol–water partition coefficient (Wildman–Crippen LogP) is 2.94. The van der Waals surface area contributed by atoms with Gasteiger partial charge >= 0.3 is 0 Å². The second kappa shape index (κ2) is 5.54. The van der Waals surface area contributed by atoms with Crippen LogP contribution in [-0.4, -0.2) is 24.1 Å². The van der Waals surface area contributed by atoms with Crippen molar-refractivity contribution in [3.05, 3.63) is 40.0 Å². The maximum atomic E-state index is 6.07. The summed E-state index contributed by atoms with van der Waals surface area (Å²) in [5.41, 5.74) is 1.94. The molecule has 0 radical (unpaired) electrons. The monoisotopic (exact) mass is 324 g/mol. The first-order valence-electron chi connectivity index (χ1n) is 6.53. The molecule has 0 fully saturated rings. The first-order valence-corrected chi connectivity index (χ1v) is 7.29. The van der Waals surface area contributed by atoms with Gasteiger partial charge < -0.3 is 9.88 Å². The van der Waals surface area contributed by atoms with E-state index in [0.717, 1.165) is 23.6 Å². The Morgan fingerprint density at radius 1 is 1.29 bits per heavy atom. The molecule has 0 saturated carbocycles. The van der Waals surface area contributed by atoms with Gasteiger partial charge in [-0.2, -0.15) is 14.6 Å². The summed E-state index contributed by atoms with van der Waals surface area (Å²) in [6.45, 7) is 2.63. The summed E-state index contributed by atoms with van der Waals surface area (Å²) >= 11 is 12.1. The molecule has 6 nitrogen and oxygen atoms in total. The van der Waals surface area contributed by atoms with Crippen LogP contribution in [0.1, 0.15) is 18.3 Å². The molecule has 0 bridgehead atoms. The quantitative estimate of drug-likeness (QED) is 0.801. The van der Waals surface area contributed by atoms with Gasteiger partial charge in [0.15, 0.2) is 0 Å². The fourth-order valence-electron chi connectivity index (χ4n) is 2.11. The van der Waals surface area contributed by atoms with Crippen LogP contribution in [0.3, 0.4) is 0 Å². The van der Waals surface area contributed by atoms with Crippen molar-refractivity contribution in [2.45, 2.75) is 19.9 Å². The molecule has 0 aromatic carbocycles. The average Bonchev–Trinajstić information content (AvgIpc) is 3.05. The molecule has 0 saturated heterocycles. The van der Waals surface area contributed by atoms with E-state index in [-0.39, 0.29) is 0 Å². The van der Waals surface area contributed by atoms with E-state index in [2.05, 4.69) is 27.3 Å². The van der Waals surface area contributed by atoms with Crippen molar-refractivity contribution < 1.29 is 0 Å². The fourth-order valence-corrected chi connectivity index (χ4v) is 2.52. The van der Waals surface area contributed by atoms with Gasteiger partial charge in [0.2, 0.25) is 0 Å². The Hall–Kier alpha value is -1.79. The van der Waals surface area contributed by atoms with Crippen molar-refractivity contribution in [1.82, 2.24) is 24.1 Å². The van der Waals surface area contributed by atoms with E-state index in [0.29, 0.717) is 22.5 Å². The second-order valence-electron chi connectivity index (χ2n) is 4.65. The molecule has 3 heterocycles. The molecule has 110 valence electrons. The molecule has 0 atom stereocenters. The van der Waals surface area contributed by atoms with E-state index >= 15 is 0 Å². The van der Waals surface area contributed by atoms with Crippen molar-refractivity contribution in [2.75, 3.05) is 5.32 Å². The van der Waals surface area contributed by atoms with Crippen LogP contribution in [0.5, 0.6) is 0 Å². The number of fused-ring (bicyclic) bond motifs is 1. The minimum Gasteiger partial charge on any atom is -0.364 e. The Kier molecular flexibility index (Phi) is 3.73. The smallest absolute Gasteiger partial charge is 0.254 e. The van der Waals surface area contributed by atoms with E-state index in [4.69, 9.17) is 23.2 Å². The van der Waals surface area contributed by atoms with Crippen molar-refractivity contribution in [3.63, 3.8) is 0 Å². The van der Waals surface area contributed by atoms with Crippen LogP contribution in [0.2, 0.25) is 10.2 Å². The molecule has 3 rings (SSSR count). The van der Waals surface area contributed by atoms with Gasteiger partial charge in [-0.1, -0.05) is 30.1 Å². The number of halogens is 2. The lowest BCUT2D eigenvalue weighted by molar-refractivity contribution is 0.830. The molecule has 0 aliphatic heterocycles. The lowest BCUT2D eigenvalue weighted by atomic mass is 10.3. The zero-order chi connectivity index (χ0) is 15.0. The van der Waals surface area contributed by atoms with Crippen molar-refractivity contribution in [1.29, 1.82) is 0 Å². The van der Waals surface area contributed by atoms with Crippen LogP contribution >= 0.6 is 23.2 Å². The molecule has 3 aromatic rings. The summed E-state index contributed by atoms with van der Waals surface area (Å²) in [5, 5.41) is 8.58. The Morgan fingerprint density at radius 3 is 2.76 bits per heavy atom. The van der Waals surface area contributed by atoms with Crippen LogP contribution in [0, 0.1) is 0 Å². The van der Waals surface area contributed by atoms with E-state index in [1.165, 1.54) is 6.33 Å². The van der Waals surface area contributed by atoms with E-state index in [1.807, 2.05) is 23.7 Å². The van der Waals surface area contributed by atoms with Crippen LogP contribution in [0.25, 0.3) is 5.78 Å². The zero-order valence-corrected chi connectivity index (χ0v) is 13.2. The third kappa shape index (κ3) is 2.56. The molecule has 21 heavy (non-hydrogen) atoms. The van der Waals surface area contributed by atoms with Crippen LogP contribution in [0.15, 0.2) is 18.5 Å². The Labute approximate surface area is 131 Å². The molecule has 0 amide bonds. The third-order valence-corrected chi connectivity index (χ3v) is 4.18. The molecule has 0 aliphatic rings. The molecule has 3 aromatic heterocycles. The van der Waals surface area contributed by atoms with Gasteiger partial charge in [0.1, 0.15) is 17.3 Å². The number of nitrogens with one attached hydrogen (secondary N) is 1. The van der Waals surface area contributed by atoms with Gasteiger partial charge in [0, 0.05) is 24.5 Å². The molecular weight excluding hydrogens is 311 g/mol. The first kappa shape index (κ1) is 14.2. The molecular formula is C13H14Cl2N6. The summed E-state index contributed by atoms with van der Waals surface area (Å²) in [6, 6.07) is 3.81. The second-order valence-corrected chi connectivity index (χ2v) is 5.41. The Bertz CT molecular complexity index is 791. The van der Waals surface area contributed by atoms with Crippen LogP contribution in [-0.2, 0) is 20.0 Å². The van der Waals surface area contributed by atoms with Crippen molar-refractivity contribution >= 4 is 34.8 Å². The SMILES string of the molecule is CCc1cc(NCc2cc(Cl)c(Cl)n2C)n2ncnc2n1. The van der Waals surface area contributed by atoms with Crippen LogP contribution in [0.4, 0.5) is 5.82 Å². The molecule has 0 unspecified atom stereocenters. The Balaban J connectivity index is 1.90. The lowest BCUT2D eigenvalue weighted by Gasteiger charge is -2.10. The summed E-state index contributed by atoms with van der Waals surface area (Å²) < 4.78 is 3.52. The summed E-state index contributed by atoms with van der Waals surface area (Å²) in [6.07, 6.45) is 2.32. The number of hydrogen-bond donors (Lipinski definition) is 1. The average molecular weight is 325 g/mol. The largest absolute Gasteiger partial charge is 0.364 e. The summed E-state index contributed by atoms with van der Waals surface area (Å²) in [4.78, 5) is 8.54.